The SMILES string of the molecule is COCCCN1C(=O)C(Nc2ccc(F)cc2)=C(Sc2cccc(NC(=O)c3ccc(Cl)cc3Cl)c2)C1=O. The lowest BCUT2D eigenvalue weighted by Gasteiger charge is -2.14. The Hall–Kier alpha value is -3.37. The molecule has 3 aromatic carbocycles. The fourth-order valence-electron chi connectivity index (χ4n) is 3.63. The van der Waals surface area contributed by atoms with Gasteiger partial charge in [-0.3, -0.25) is 19.3 Å². The van der Waals surface area contributed by atoms with Crippen LogP contribution in [0.5, 0.6) is 0 Å². The third-order valence-corrected chi connectivity index (χ3v) is 7.08. The summed E-state index contributed by atoms with van der Waals surface area (Å²) in [5.41, 5.74) is 1.27. The Labute approximate surface area is 232 Å². The molecule has 2 N–H and O–H groups in total. The highest BCUT2D eigenvalue weighted by molar-refractivity contribution is 8.04. The van der Waals surface area contributed by atoms with Crippen LogP contribution in [0, 0.1) is 5.82 Å². The topological polar surface area (TPSA) is 87.7 Å². The summed E-state index contributed by atoms with van der Waals surface area (Å²) in [5, 5.41) is 6.38. The van der Waals surface area contributed by atoms with Crippen molar-refractivity contribution in [2.75, 3.05) is 30.9 Å². The van der Waals surface area contributed by atoms with Crippen LogP contribution < -0.4 is 10.6 Å². The number of anilines is 2. The number of nitrogens with zero attached hydrogens (tertiary/aromatic N) is 1. The van der Waals surface area contributed by atoms with Gasteiger partial charge in [0.05, 0.1) is 10.6 Å². The van der Waals surface area contributed by atoms with E-state index in [4.69, 9.17) is 27.9 Å². The molecule has 1 aliphatic heterocycles. The molecule has 0 unspecified atom stereocenters. The maximum absolute atomic E-state index is 13.4. The summed E-state index contributed by atoms with van der Waals surface area (Å²) < 4.78 is 18.4. The van der Waals surface area contributed by atoms with Crippen LogP contribution in [-0.4, -0.2) is 42.9 Å². The van der Waals surface area contributed by atoms with Crippen LogP contribution in [0.2, 0.25) is 10.0 Å². The molecular weight excluding hydrogens is 552 g/mol. The largest absolute Gasteiger partial charge is 0.385 e. The molecule has 0 aliphatic carbocycles. The molecule has 1 aliphatic rings. The van der Waals surface area contributed by atoms with E-state index in [0.29, 0.717) is 34.3 Å². The van der Waals surface area contributed by atoms with Crippen LogP contribution in [0.25, 0.3) is 0 Å². The molecule has 7 nitrogen and oxygen atoms in total. The molecule has 0 aromatic heterocycles. The molecule has 196 valence electrons. The molecule has 1 heterocycles. The minimum atomic E-state index is -0.486. The van der Waals surface area contributed by atoms with E-state index in [0.717, 1.165) is 16.7 Å². The number of rotatable bonds is 10. The van der Waals surface area contributed by atoms with E-state index in [1.54, 1.807) is 37.4 Å². The van der Waals surface area contributed by atoms with Crippen LogP contribution in [-0.2, 0) is 14.3 Å². The number of ether oxygens (including phenoxy) is 1. The van der Waals surface area contributed by atoms with Gasteiger partial charge < -0.3 is 15.4 Å². The Bertz CT molecular complexity index is 1420. The quantitative estimate of drug-likeness (QED) is 0.221. The van der Waals surface area contributed by atoms with E-state index < -0.39 is 23.5 Å². The van der Waals surface area contributed by atoms with Crippen molar-refractivity contribution in [2.24, 2.45) is 0 Å². The predicted molar refractivity (Wildman–Crippen MR) is 147 cm³/mol. The molecule has 0 fully saturated rings. The normalized spacial score (nSPS) is 13.3. The maximum atomic E-state index is 13.4. The van der Waals surface area contributed by atoms with Crippen molar-refractivity contribution in [3.8, 4) is 0 Å². The number of carbonyl (C=O) groups is 3. The molecule has 0 spiro atoms. The average Bonchev–Trinajstić information content (AvgIpc) is 3.09. The van der Waals surface area contributed by atoms with Crippen molar-refractivity contribution in [1.82, 2.24) is 4.90 Å². The Morgan fingerprint density at radius 1 is 1.00 bits per heavy atom. The molecule has 11 heteroatoms. The first-order valence-electron chi connectivity index (χ1n) is 11.4. The van der Waals surface area contributed by atoms with Crippen molar-refractivity contribution >= 4 is 64.1 Å². The zero-order valence-corrected chi connectivity index (χ0v) is 22.4. The Morgan fingerprint density at radius 3 is 2.47 bits per heavy atom. The zero-order valence-electron chi connectivity index (χ0n) is 20.1. The van der Waals surface area contributed by atoms with Gasteiger partial charge in [0.2, 0.25) is 0 Å². The summed E-state index contributed by atoms with van der Waals surface area (Å²) in [4.78, 5) is 41.1. The summed E-state index contributed by atoms with van der Waals surface area (Å²) in [5.74, 6) is -1.79. The number of amides is 3. The maximum Gasteiger partial charge on any atom is 0.278 e. The second-order valence-electron chi connectivity index (χ2n) is 8.15. The molecule has 0 radical (unpaired) electrons. The number of imide groups is 1. The van der Waals surface area contributed by atoms with Gasteiger partial charge in [-0.15, -0.1) is 0 Å². The van der Waals surface area contributed by atoms with Gasteiger partial charge in [0.25, 0.3) is 17.7 Å². The van der Waals surface area contributed by atoms with Crippen molar-refractivity contribution in [1.29, 1.82) is 0 Å². The number of benzene rings is 3. The van der Waals surface area contributed by atoms with Crippen molar-refractivity contribution < 1.29 is 23.5 Å². The molecular formula is C27H22Cl2FN3O4S. The first kappa shape index (κ1) is 27.7. The highest BCUT2D eigenvalue weighted by atomic mass is 35.5. The lowest BCUT2D eigenvalue weighted by Crippen LogP contribution is -2.33. The standard InChI is InChI=1S/C27H22Cl2FN3O4S/c1-37-13-3-12-33-26(35)23(31-18-9-7-17(30)8-10-18)24(27(33)36)38-20-5-2-4-19(15-20)32-25(34)21-11-6-16(28)14-22(21)29/h2,4-11,14-15,31H,3,12-13H2,1H3,(H,32,34). The number of methoxy groups -OCH3 is 1. The minimum absolute atomic E-state index is 0.0893. The van der Waals surface area contributed by atoms with Gasteiger partial charge in [-0.2, -0.15) is 0 Å². The van der Waals surface area contributed by atoms with Crippen LogP contribution in [0.1, 0.15) is 16.8 Å². The predicted octanol–water partition coefficient (Wildman–Crippen LogP) is 6.21. The number of hydrogen-bond donors (Lipinski definition) is 2. The smallest absolute Gasteiger partial charge is 0.278 e. The summed E-state index contributed by atoms with van der Waals surface area (Å²) in [7, 11) is 1.54. The summed E-state index contributed by atoms with van der Waals surface area (Å²) >= 11 is 13.1. The van der Waals surface area contributed by atoms with Gasteiger partial charge in [-0.05, 0) is 67.1 Å². The van der Waals surface area contributed by atoms with Gasteiger partial charge in [0, 0.05) is 41.6 Å². The molecule has 0 bridgehead atoms. The van der Waals surface area contributed by atoms with Crippen LogP contribution in [0.15, 0.2) is 82.2 Å². The zero-order chi connectivity index (χ0) is 27.2. The number of carbonyl (C=O) groups excluding carboxylic acids is 3. The van der Waals surface area contributed by atoms with E-state index in [1.165, 1.54) is 36.4 Å². The van der Waals surface area contributed by atoms with E-state index in [9.17, 15) is 18.8 Å². The van der Waals surface area contributed by atoms with Gasteiger partial charge in [0.1, 0.15) is 16.4 Å². The fraction of sp³-hybridized carbons (Fsp3) is 0.148. The monoisotopic (exact) mass is 573 g/mol. The number of hydrogen-bond acceptors (Lipinski definition) is 6. The third kappa shape index (κ3) is 6.54. The summed E-state index contributed by atoms with van der Waals surface area (Å²) in [6.45, 7) is 0.571. The van der Waals surface area contributed by atoms with Crippen molar-refractivity contribution in [2.45, 2.75) is 11.3 Å². The van der Waals surface area contributed by atoms with Crippen LogP contribution in [0.3, 0.4) is 0 Å². The van der Waals surface area contributed by atoms with Gasteiger partial charge in [-0.1, -0.05) is 41.0 Å². The molecule has 0 atom stereocenters. The molecule has 0 saturated carbocycles. The van der Waals surface area contributed by atoms with Gasteiger partial charge in [-0.25, -0.2) is 4.39 Å². The Morgan fingerprint density at radius 2 is 1.76 bits per heavy atom. The highest BCUT2D eigenvalue weighted by Crippen LogP contribution is 2.37. The molecule has 3 amide bonds. The Balaban J connectivity index is 1.58. The molecule has 0 saturated heterocycles. The van der Waals surface area contributed by atoms with Crippen molar-refractivity contribution in [3.63, 3.8) is 0 Å². The van der Waals surface area contributed by atoms with E-state index in [2.05, 4.69) is 10.6 Å². The summed E-state index contributed by atoms with van der Waals surface area (Å²) in [6, 6.07) is 16.9. The second-order valence-corrected chi connectivity index (χ2v) is 10.1. The lowest BCUT2D eigenvalue weighted by atomic mass is 10.2. The fourth-order valence-corrected chi connectivity index (χ4v) is 5.13. The van der Waals surface area contributed by atoms with Crippen LogP contribution >= 0.6 is 35.0 Å². The number of halogens is 3. The second kappa shape index (κ2) is 12.4. The highest BCUT2D eigenvalue weighted by Gasteiger charge is 2.38. The van der Waals surface area contributed by atoms with Crippen molar-refractivity contribution in [3.05, 3.63) is 98.8 Å². The van der Waals surface area contributed by atoms with E-state index >= 15 is 0 Å². The molecule has 4 rings (SSSR count). The van der Waals surface area contributed by atoms with E-state index in [1.807, 2.05) is 0 Å². The molecule has 38 heavy (non-hydrogen) atoms. The first-order valence-corrected chi connectivity index (χ1v) is 13.0. The average molecular weight is 574 g/mol. The first-order chi connectivity index (χ1) is 18.3. The van der Waals surface area contributed by atoms with Gasteiger partial charge in [0.15, 0.2) is 0 Å². The number of nitrogens with one attached hydrogen (secondary N) is 2. The summed E-state index contributed by atoms with van der Waals surface area (Å²) in [6.07, 6.45) is 0.477. The van der Waals surface area contributed by atoms with Crippen LogP contribution in [0.4, 0.5) is 15.8 Å². The third-order valence-electron chi connectivity index (χ3n) is 5.46. The Kier molecular flexibility index (Phi) is 9.06. The lowest BCUT2D eigenvalue weighted by molar-refractivity contribution is -0.137. The molecule has 3 aromatic rings. The van der Waals surface area contributed by atoms with E-state index in [-0.39, 0.29) is 27.7 Å². The van der Waals surface area contributed by atoms with Gasteiger partial charge >= 0.3 is 0 Å². The number of thioether (sulfide) groups is 1. The minimum Gasteiger partial charge on any atom is -0.385 e.